The summed E-state index contributed by atoms with van der Waals surface area (Å²) in [6.45, 7) is 3.98. The van der Waals surface area contributed by atoms with Crippen LogP contribution in [0.15, 0.2) is 18.2 Å². The van der Waals surface area contributed by atoms with Crippen molar-refractivity contribution in [2.75, 3.05) is 42.7 Å². The summed E-state index contributed by atoms with van der Waals surface area (Å²) >= 11 is 0. The van der Waals surface area contributed by atoms with Gasteiger partial charge in [-0.2, -0.15) is 15.0 Å². The van der Waals surface area contributed by atoms with Crippen LogP contribution in [0, 0.1) is 6.92 Å². The quantitative estimate of drug-likeness (QED) is 0.479. The van der Waals surface area contributed by atoms with E-state index in [9.17, 15) is 5.11 Å². The first-order valence-corrected chi connectivity index (χ1v) is 12.0. The fourth-order valence-electron chi connectivity index (χ4n) is 4.65. The SMILES string of the molecule is Cc1cc(Nc2nc(NC3CCCCCC3)nc(N(C)C3CCN(C)CC3)n2)ccc1[O-].[Na+]. The van der Waals surface area contributed by atoms with E-state index in [1.54, 1.807) is 12.1 Å². The molecule has 0 spiro atoms. The molecule has 4 rings (SSSR count). The number of hydrogen-bond acceptors (Lipinski definition) is 8. The molecule has 0 bridgehead atoms. The maximum Gasteiger partial charge on any atom is 1.00 e. The van der Waals surface area contributed by atoms with E-state index >= 15 is 0 Å². The molecule has 1 aliphatic carbocycles. The van der Waals surface area contributed by atoms with Gasteiger partial charge >= 0.3 is 29.6 Å². The minimum Gasteiger partial charge on any atom is -0.872 e. The molecule has 2 fully saturated rings. The molecule has 1 saturated carbocycles. The Morgan fingerprint density at radius 3 is 2.30 bits per heavy atom. The minimum absolute atomic E-state index is 0. The van der Waals surface area contributed by atoms with Crippen LogP contribution < -0.4 is 50.2 Å². The second kappa shape index (κ2) is 12.2. The molecule has 1 saturated heterocycles. The molecular weight excluding hydrogens is 425 g/mol. The molecule has 2 aliphatic rings. The predicted molar refractivity (Wildman–Crippen MR) is 128 cm³/mol. The molecule has 0 radical (unpaired) electrons. The van der Waals surface area contributed by atoms with E-state index in [2.05, 4.69) is 39.5 Å². The van der Waals surface area contributed by atoms with Gasteiger partial charge in [0.1, 0.15) is 0 Å². The van der Waals surface area contributed by atoms with Crippen LogP contribution in [0.3, 0.4) is 0 Å². The average Bonchev–Trinajstić information content (AvgIpc) is 3.05. The molecule has 2 heterocycles. The number of aryl methyl sites for hydroxylation is 1. The first kappa shape index (κ1) is 26.0. The summed E-state index contributed by atoms with van der Waals surface area (Å²) in [5.41, 5.74) is 1.51. The molecular formula is C24H36N7NaO. The Morgan fingerprint density at radius 1 is 0.970 bits per heavy atom. The van der Waals surface area contributed by atoms with E-state index in [0.717, 1.165) is 44.5 Å². The van der Waals surface area contributed by atoms with Gasteiger partial charge in [0.2, 0.25) is 17.8 Å². The van der Waals surface area contributed by atoms with Crippen LogP contribution in [0.5, 0.6) is 5.75 Å². The number of piperidine rings is 1. The Balaban J connectivity index is 0.00000306. The average molecular weight is 462 g/mol. The number of nitrogens with zero attached hydrogens (tertiary/aromatic N) is 5. The topological polar surface area (TPSA) is 92.3 Å². The largest absolute Gasteiger partial charge is 1.00 e. The van der Waals surface area contributed by atoms with Crippen LogP contribution in [0.2, 0.25) is 0 Å². The summed E-state index contributed by atoms with van der Waals surface area (Å²) in [6, 6.07) is 6.00. The molecule has 1 aromatic carbocycles. The third kappa shape index (κ3) is 7.18. The molecule has 33 heavy (non-hydrogen) atoms. The fourth-order valence-corrected chi connectivity index (χ4v) is 4.65. The molecule has 2 N–H and O–H groups in total. The van der Waals surface area contributed by atoms with Gasteiger partial charge in [0.05, 0.1) is 0 Å². The molecule has 174 valence electrons. The zero-order valence-corrected chi connectivity index (χ0v) is 22.6. The van der Waals surface area contributed by atoms with Crippen molar-refractivity contribution in [1.29, 1.82) is 0 Å². The Morgan fingerprint density at radius 2 is 1.64 bits per heavy atom. The normalized spacial score (nSPS) is 18.3. The van der Waals surface area contributed by atoms with Gasteiger partial charge in [-0.25, -0.2) is 0 Å². The van der Waals surface area contributed by atoms with Crippen molar-refractivity contribution in [1.82, 2.24) is 19.9 Å². The summed E-state index contributed by atoms with van der Waals surface area (Å²) in [5.74, 6) is 1.85. The van der Waals surface area contributed by atoms with Crippen molar-refractivity contribution in [2.45, 2.75) is 70.4 Å². The first-order valence-electron chi connectivity index (χ1n) is 12.0. The molecule has 0 unspecified atom stereocenters. The van der Waals surface area contributed by atoms with Crippen molar-refractivity contribution >= 4 is 23.5 Å². The van der Waals surface area contributed by atoms with Crippen molar-refractivity contribution in [2.24, 2.45) is 0 Å². The fraction of sp³-hybridized carbons (Fsp3) is 0.625. The van der Waals surface area contributed by atoms with Crippen molar-refractivity contribution in [3.8, 4) is 5.75 Å². The third-order valence-electron chi connectivity index (χ3n) is 6.79. The van der Waals surface area contributed by atoms with E-state index in [1.165, 1.54) is 25.7 Å². The van der Waals surface area contributed by atoms with Gasteiger partial charge in [0.15, 0.2) is 0 Å². The maximum absolute atomic E-state index is 11.8. The number of anilines is 4. The Hall–Kier alpha value is -1.61. The van der Waals surface area contributed by atoms with E-state index in [0.29, 0.717) is 35.5 Å². The summed E-state index contributed by atoms with van der Waals surface area (Å²) < 4.78 is 0. The van der Waals surface area contributed by atoms with E-state index in [1.807, 2.05) is 13.0 Å². The smallest absolute Gasteiger partial charge is 0.872 e. The number of likely N-dealkylation sites (tertiary alicyclic amines) is 1. The molecule has 1 aromatic heterocycles. The van der Waals surface area contributed by atoms with E-state index < -0.39 is 0 Å². The summed E-state index contributed by atoms with van der Waals surface area (Å²) in [4.78, 5) is 18.8. The Labute approximate surface area is 219 Å². The zero-order chi connectivity index (χ0) is 22.5. The number of nitrogens with one attached hydrogen (secondary N) is 2. The van der Waals surface area contributed by atoms with Crippen molar-refractivity contribution in [3.63, 3.8) is 0 Å². The summed E-state index contributed by atoms with van der Waals surface area (Å²) in [7, 11) is 4.26. The minimum atomic E-state index is 0. The van der Waals surface area contributed by atoms with Crippen LogP contribution in [-0.4, -0.2) is 59.1 Å². The Bertz CT molecular complexity index is 896. The molecule has 8 nitrogen and oxygen atoms in total. The molecule has 0 amide bonds. The van der Waals surface area contributed by atoms with Gasteiger partial charge in [0.25, 0.3) is 0 Å². The summed E-state index contributed by atoms with van der Waals surface area (Å²) in [6.07, 6.45) is 9.60. The number of rotatable bonds is 6. The first-order chi connectivity index (χ1) is 15.5. The van der Waals surface area contributed by atoms with E-state index in [-0.39, 0.29) is 35.3 Å². The van der Waals surface area contributed by atoms with Crippen LogP contribution in [0.4, 0.5) is 23.5 Å². The van der Waals surface area contributed by atoms with Crippen LogP contribution in [0.1, 0.15) is 56.9 Å². The number of benzene rings is 1. The third-order valence-corrected chi connectivity index (χ3v) is 6.79. The molecule has 2 aromatic rings. The Kier molecular flexibility index (Phi) is 9.61. The van der Waals surface area contributed by atoms with Crippen LogP contribution in [0.25, 0.3) is 0 Å². The molecule has 9 heteroatoms. The zero-order valence-electron chi connectivity index (χ0n) is 20.6. The van der Waals surface area contributed by atoms with Crippen LogP contribution >= 0.6 is 0 Å². The summed E-state index contributed by atoms with van der Waals surface area (Å²) in [5, 5.41) is 18.7. The van der Waals surface area contributed by atoms with Gasteiger partial charge in [-0.3, -0.25) is 0 Å². The van der Waals surface area contributed by atoms with Crippen molar-refractivity contribution in [3.05, 3.63) is 23.8 Å². The van der Waals surface area contributed by atoms with Gasteiger partial charge in [0, 0.05) is 24.8 Å². The van der Waals surface area contributed by atoms with Gasteiger partial charge < -0.3 is 25.5 Å². The van der Waals surface area contributed by atoms with Gasteiger partial charge in [-0.15, -0.1) is 5.75 Å². The maximum atomic E-state index is 11.8. The van der Waals surface area contributed by atoms with Gasteiger partial charge in [-0.1, -0.05) is 37.3 Å². The van der Waals surface area contributed by atoms with E-state index in [4.69, 9.17) is 9.97 Å². The number of hydrogen-bond donors (Lipinski definition) is 2. The second-order valence-electron chi connectivity index (χ2n) is 9.37. The second-order valence-corrected chi connectivity index (χ2v) is 9.37. The standard InChI is InChI=1S/C24H37N7O.Na/c1-17-16-19(10-11-21(17)32)26-23-27-22(25-18-8-6-4-5-7-9-18)28-24(29-23)31(3)20-12-14-30(2)15-13-20;/h10-11,16,18,20,32H,4-9,12-15H2,1-3H3,(H2,25,26,27,28,29);/q;+1/p-1. The van der Waals surface area contributed by atoms with Crippen molar-refractivity contribution < 1.29 is 34.7 Å². The van der Waals surface area contributed by atoms with Gasteiger partial charge in [-0.05, 0) is 64.9 Å². The van der Waals surface area contributed by atoms with Crippen LogP contribution in [-0.2, 0) is 0 Å². The monoisotopic (exact) mass is 461 g/mol. The number of aromatic nitrogens is 3. The predicted octanol–water partition coefficient (Wildman–Crippen LogP) is 0.666. The molecule has 0 atom stereocenters. The molecule has 1 aliphatic heterocycles.